The summed E-state index contributed by atoms with van der Waals surface area (Å²) in [5, 5.41) is 12.0. The van der Waals surface area contributed by atoms with Gasteiger partial charge in [0, 0.05) is 31.3 Å². The van der Waals surface area contributed by atoms with Crippen LogP contribution in [0.1, 0.15) is 29.5 Å². The van der Waals surface area contributed by atoms with Gasteiger partial charge in [-0.25, -0.2) is 4.68 Å². The Balaban J connectivity index is 1.80. The summed E-state index contributed by atoms with van der Waals surface area (Å²) in [6.45, 7) is 5.64. The van der Waals surface area contributed by atoms with E-state index in [0.717, 1.165) is 23.0 Å². The van der Waals surface area contributed by atoms with Crippen LogP contribution in [-0.4, -0.2) is 45.6 Å². The Bertz CT molecular complexity index is 870. The van der Waals surface area contributed by atoms with Gasteiger partial charge in [0.15, 0.2) is 5.69 Å². The molecule has 7 nitrogen and oxygen atoms in total. The van der Waals surface area contributed by atoms with E-state index in [4.69, 9.17) is 4.74 Å². The number of amides is 1. The molecule has 0 spiro atoms. The van der Waals surface area contributed by atoms with Crippen molar-refractivity contribution in [1.29, 1.82) is 0 Å². The molecule has 1 amide bonds. The van der Waals surface area contributed by atoms with Gasteiger partial charge >= 0.3 is 0 Å². The minimum atomic E-state index is -0.224. The second-order valence-electron chi connectivity index (χ2n) is 5.59. The van der Waals surface area contributed by atoms with Crippen LogP contribution in [0.25, 0.3) is 16.6 Å². The van der Waals surface area contributed by atoms with Gasteiger partial charge in [0.1, 0.15) is 0 Å². The number of carbonyl (C=O) groups excluding carboxylic acids is 1. The van der Waals surface area contributed by atoms with Gasteiger partial charge in [-0.2, -0.15) is 0 Å². The molecule has 1 aromatic carbocycles. The lowest BCUT2D eigenvalue weighted by atomic mass is 10.2. The zero-order valence-electron chi connectivity index (χ0n) is 14.4. The SMILES string of the molecule is CCOCCCNC(=O)c1nnn(-c2cccc3ncccc23)c1C. The van der Waals surface area contributed by atoms with Crippen molar-refractivity contribution in [2.24, 2.45) is 0 Å². The Kier molecular flexibility index (Phi) is 5.35. The summed E-state index contributed by atoms with van der Waals surface area (Å²) in [6, 6.07) is 9.65. The molecular weight excluding hydrogens is 318 g/mol. The predicted octanol–water partition coefficient (Wildman–Crippen LogP) is 2.28. The molecule has 2 aromatic heterocycles. The van der Waals surface area contributed by atoms with E-state index < -0.39 is 0 Å². The van der Waals surface area contributed by atoms with Gasteiger partial charge < -0.3 is 10.1 Å². The smallest absolute Gasteiger partial charge is 0.273 e. The van der Waals surface area contributed by atoms with Gasteiger partial charge in [0.05, 0.1) is 16.9 Å². The van der Waals surface area contributed by atoms with Crippen molar-refractivity contribution >= 4 is 16.8 Å². The first-order valence-corrected chi connectivity index (χ1v) is 8.34. The van der Waals surface area contributed by atoms with Crippen molar-refractivity contribution in [3.8, 4) is 5.69 Å². The maximum absolute atomic E-state index is 12.3. The first-order chi connectivity index (χ1) is 12.2. The lowest BCUT2D eigenvalue weighted by molar-refractivity contribution is 0.0938. The number of nitrogens with zero attached hydrogens (tertiary/aromatic N) is 4. The molecule has 1 N–H and O–H groups in total. The zero-order valence-corrected chi connectivity index (χ0v) is 14.4. The average molecular weight is 339 g/mol. The summed E-state index contributed by atoms with van der Waals surface area (Å²) in [5.74, 6) is -0.224. The number of benzene rings is 1. The van der Waals surface area contributed by atoms with Gasteiger partial charge in [-0.1, -0.05) is 11.3 Å². The number of carbonyl (C=O) groups is 1. The molecule has 7 heteroatoms. The Morgan fingerprint density at radius 3 is 3.00 bits per heavy atom. The normalized spacial score (nSPS) is 11.0. The van der Waals surface area contributed by atoms with Crippen LogP contribution in [0, 0.1) is 6.92 Å². The Hall–Kier alpha value is -2.80. The lowest BCUT2D eigenvalue weighted by Crippen LogP contribution is -2.26. The summed E-state index contributed by atoms with van der Waals surface area (Å²) in [5.41, 5.74) is 2.75. The minimum absolute atomic E-state index is 0.224. The average Bonchev–Trinajstić information content (AvgIpc) is 3.02. The molecule has 3 aromatic rings. The molecule has 0 aliphatic heterocycles. The van der Waals surface area contributed by atoms with E-state index in [9.17, 15) is 4.79 Å². The van der Waals surface area contributed by atoms with Crippen LogP contribution in [0.15, 0.2) is 36.5 Å². The third-order valence-corrected chi connectivity index (χ3v) is 3.92. The fraction of sp³-hybridized carbons (Fsp3) is 0.333. The summed E-state index contributed by atoms with van der Waals surface area (Å²) in [7, 11) is 0. The molecule has 2 heterocycles. The number of pyridine rings is 1. The molecule has 0 saturated carbocycles. The van der Waals surface area contributed by atoms with Crippen molar-refractivity contribution in [3.05, 3.63) is 47.9 Å². The number of hydrogen-bond acceptors (Lipinski definition) is 5. The van der Waals surface area contributed by atoms with Crippen molar-refractivity contribution < 1.29 is 9.53 Å². The summed E-state index contributed by atoms with van der Waals surface area (Å²) < 4.78 is 6.94. The van der Waals surface area contributed by atoms with Crippen LogP contribution >= 0.6 is 0 Å². The van der Waals surface area contributed by atoms with Gasteiger partial charge in [0.2, 0.25) is 0 Å². The third kappa shape index (κ3) is 3.66. The highest BCUT2D eigenvalue weighted by Gasteiger charge is 2.18. The molecule has 0 radical (unpaired) electrons. The van der Waals surface area contributed by atoms with E-state index in [1.807, 2.05) is 44.2 Å². The second kappa shape index (κ2) is 7.85. The highest BCUT2D eigenvalue weighted by atomic mass is 16.5. The maximum Gasteiger partial charge on any atom is 0.273 e. The van der Waals surface area contributed by atoms with Crippen molar-refractivity contribution in [2.45, 2.75) is 20.3 Å². The maximum atomic E-state index is 12.3. The van der Waals surface area contributed by atoms with Crippen molar-refractivity contribution in [1.82, 2.24) is 25.3 Å². The lowest BCUT2D eigenvalue weighted by Gasteiger charge is -2.07. The van der Waals surface area contributed by atoms with Crippen molar-refractivity contribution in [2.75, 3.05) is 19.8 Å². The standard InChI is InChI=1S/C18H21N5O2/c1-3-25-12-6-11-20-18(24)17-13(2)23(22-21-17)16-9-4-8-15-14(16)7-5-10-19-15/h4-5,7-10H,3,6,11-12H2,1-2H3,(H,20,24). The summed E-state index contributed by atoms with van der Waals surface area (Å²) in [4.78, 5) is 16.7. The number of fused-ring (bicyclic) bond motifs is 1. The first kappa shape index (κ1) is 17.0. The summed E-state index contributed by atoms with van der Waals surface area (Å²) in [6.07, 6.45) is 2.52. The minimum Gasteiger partial charge on any atom is -0.382 e. The van der Waals surface area contributed by atoms with Crippen molar-refractivity contribution in [3.63, 3.8) is 0 Å². The number of aromatic nitrogens is 4. The Morgan fingerprint density at radius 1 is 1.28 bits per heavy atom. The summed E-state index contributed by atoms with van der Waals surface area (Å²) >= 11 is 0. The van der Waals surface area contributed by atoms with Crippen LogP contribution in [0.4, 0.5) is 0 Å². The Morgan fingerprint density at radius 2 is 2.16 bits per heavy atom. The Labute approximate surface area is 146 Å². The van der Waals surface area contributed by atoms with E-state index in [0.29, 0.717) is 31.1 Å². The van der Waals surface area contributed by atoms with Gasteiger partial charge in [-0.3, -0.25) is 9.78 Å². The second-order valence-corrected chi connectivity index (χ2v) is 5.59. The third-order valence-electron chi connectivity index (χ3n) is 3.92. The molecule has 3 rings (SSSR count). The number of ether oxygens (including phenoxy) is 1. The molecule has 0 aliphatic rings. The largest absolute Gasteiger partial charge is 0.382 e. The van der Waals surface area contributed by atoms with E-state index in [1.54, 1.807) is 10.9 Å². The highest BCUT2D eigenvalue weighted by Crippen LogP contribution is 2.21. The van der Waals surface area contributed by atoms with Crippen LogP contribution in [-0.2, 0) is 4.74 Å². The predicted molar refractivity (Wildman–Crippen MR) is 94.8 cm³/mol. The highest BCUT2D eigenvalue weighted by molar-refractivity contribution is 5.93. The van der Waals surface area contributed by atoms with Crippen LogP contribution in [0.2, 0.25) is 0 Å². The molecule has 0 atom stereocenters. The van der Waals surface area contributed by atoms with Crippen LogP contribution in [0.5, 0.6) is 0 Å². The molecule has 0 saturated heterocycles. The molecular formula is C18H21N5O2. The molecule has 0 fully saturated rings. The van der Waals surface area contributed by atoms with E-state index in [2.05, 4.69) is 20.6 Å². The van der Waals surface area contributed by atoms with E-state index in [-0.39, 0.29) is 5.91 Å². The molecule has 0 aliphatic carbocycles. The quantitative estimate of drug-likeness (QED) is 0.668. The van der Waals surface area contributed by atoms with Crippen LogP contribution < -0.4 is 5.32 Å². The zero-order chi connectivity index (χ0) is 17.6. The van der Waals surface area contributed by atoms with Gasteiger partial charge in [0.25, 0.3) is 5.91 Å². The fourth-order valence-corrected chi connectivity index (χ4v) is 2.64. The van der Waals surface area contributed by atoms with E-state index >= 15 is 0 Å². The monoisotopic (exact) mass is 339 g/mol. The van der Waals surface area contributed by atoms with Gasteiger partial charge in [-0.15, -0.1) is 5.10 Å². The molecule has 130 valence electrons. The first-order valence-electron chi connectivity index (χ1n) is 8.34. The number of nitrogens with one attached hydrogen (secondary N) is 1. The molecule has 25 heavy (non-hydrogen) atoms. The molecule has 0 unspecified atom stereocenters. The topological polar surface area (TPSA) is 81.9 Å². The van der Waals surface area contributed by atoms with Gasteiger partial charge in [-0.05, 0) is 44.5 Å². The van der Waals surface area contributed by atoms with E-state index in [1.165, 1.54) is 0 Å². The fourth-order valence-electron chi connectivity index (χ4n) is 2.64. The van der Waals surface area contributed by atoms with Crippen LogP contribution in [0.3, 0.4) is 0 Å². The number of hydrogen-bond donors (Lipinski definition) is 1. The molecule has 0 bridgehead atoms. The number of rotatable bonds is 7.